The molecule has 1 saturated heterocycles. The second-order valence-corrected chi connectivity index (χ2v) is 11.1. The van der Waals surface area contributed by atoms with Gasteiger partial charge in [-0.05, 0) is 49.2 Å². The van der Waals surface area contributed by atoms with Crippen LogP contribution >= 0.6 is 0 Å². The lowest BCUT2D eigenvalue weighted by molar-refractivity contribution is -0.138. The Morgan fingerprint density at radius 3 is 2.40 bits per heavy atom. The molecule has 0 spiro atoms. The summed E-state index contributed by atoms with van der Waals surface area (Å²) in [5.74, 6) is 0.179. The van der Waals surface area contributed by atoms with Crippen molar-refractivity contribution < 1.29 is 33.6 Å². The fourth-order valence-corrected chi connectivity index (χ4v) is 5.40. The Balaban J connectivity index is 1.19. The number of nitrogens with zero attached hydrogens (tertiary/aromatic N) is 5. The number of rotatable bonds is 18. The number of piperidine rings is 1. The van der Waals surface area contributed by atoms with Gasteiger partial charge >= 0.3 is 5.97 Å². The van der Waals surface area contributed by atoms with Crippen molar-refractivity contribution in [2.24, 2.45) is 0 Å². The summed E-state index contributed by atoms with van der Waals surface area (Å²) in [7, 11) is 0. The molecular formula is C34H41N7O7. The highest BCUT2D eigenvalue weighted by atomic mass is 16.5. The van der Waals surface area contributed by atoms with Crippen LogP contribution in [0.5, 0.6) is 11.5 Å². The summed E-state index contributed by atoms with van der Waals surface area (Å²) in [5, 5.41) is 17.1. The van der Waals surface area contributed by atoms with Crippen LogP contribution in [0, 0.1) is 0 Å². The summed E-state index contributed by atoms with van der Waals surface area (Å²) in [6.45, 7) is 8.60. The topological polar surface area (TPSA) is 176 Å². The fraction of sp³-hybridized carbons (Fsp3) is 0.382. The number of carbonyl (C=O) groups is 2. The second-order valence-electron chi connectivity index (χ2n) is 11.1. The van der Waals surface area contributed by atoms with Gasteiger partial charge in [-0.15, -0.1) is 0 Å². The number of nitrogens with two attached hydrogens (primary N) is 1. The van der Waals surface area contributed by atoms with E-state index in [4.69, 9.17) is 34.9 Å². The van der Waals surface area contributed by atoms with E-state index in [0.29, 0.717) is 72.8 Å². The lowest BCUT2D eigenvalue weighted by Gasteiger charge is -2.32. The average Bonchev–Trinajstić information content (AvgIpc) is 3.49. The van der Waals surface area contributed by atoms with Gasteiger partial charge in [-0.1, -0.05) is 24.8 Å². The number of benzene rings is 2. The van der Waals surface area contributed by atoms with Crippen molar-refractivity contribution in [2.45, 2.75) is 25.3 Å². The van der Waals surface area contributed by atoms with Crippen LogP contribution in [0.3, 0.4) is 0 Å². The Hall–Kier alpha value is -4.89. The number of fused-ring (bicyclic) bond motifs is 1. The molecule has 14 heteroatoms. The molecule has 1 aliphatic heterocycles. The van der Waals surface area contributed by atoms with E-state index in [0.717, 1.165) is 38.0 Å². The maximum atomic E-state index is 12.3. The van der Waals surface area contributed by atoms with Crippen LogP contribution in [0.1, 0.15) is 25.3 Å². The van der Waals surface area contributed by atoms with Gasteiger partial charge < -0.3 is 40.0 Å². The van der Waals surface area contributed by atoms with Crippen LogP contribution in [-0.2, 0) is 23.8 Å². The fourth-order valence-electron chi connectivity index (χ4n) is 5.40. The highest BCUT2D eigenvalue weighted by molar-refractivity contribution is 6.02. The summed E-state index contributed by atoms with van der Waals surface area (Å²) in [6, 6.07) is 14.9. The van der Waals surface area contributed by atoms with Crippen molar-refractivity contribution >= 4 is 34.4 Å². The number of para-hydroxylation sites is 1. The van der Waals surface area contributed by atoms with Gasteiger partial charge in [0.2, 0.25) is 5.91 Å². The van der Waals surface area contributed by atoms with Crippen molar-refractivity contribution in [1.29, 1.82) is 0 Å². The monoisotopic (exact) mass is 659 g/mol. The number of anilines is 2. The molecule has 1 amide bonds. The molecule has 0 saturated carbocycles. The minimum atomic E-state index is -0.878. The lowest BCUT2D eigenvalue weighted by Crippen LogP contribution is -2.37. The van der Waals surface area contributed by atoms with Crippen LogP contribution in [0.4, 0.5) is 11.5 Å². The number of carbonyl (C=O) groups excluding carboxylic acids is 1. The minimum absolute atomic E-state index is 0.0111. The molecule has 0 bridgehead atoms. The predicted molar refractivity (Wildman–Crippen MR) is 180 cm³/mol. The van der Waals surface area contributed by atoms with Crippen molar-refractivity contribution in [1.82, 2.24) is 24.6 Å². The normalized spacial score (nSPS) is 13.8. The maximum absolute atomic E-state index is 12.3. The SMILES string of the molecule is C=CC(=O)Nc1cc(-c2nn(C3CCN(CCOCCOCCOCCC(=O)O)CC3)c3ncnc(N)c23)ccc1Oc1ccccc1. The minimum Gasteiger partial charge on any atom is -0.481 e. The number of carboxylic acid groups (broad SMARTS) is 1. The Morgan fingerprint density at radius 2 is 1.69 bits per heavy atom. The molecular weight excluding hydrogens is 618 g/mol. The van der Waals surface area contributed by atoms with Gasteiger partial charge in [0.15, 0.2) is 11.4 Å². The number of aliphatic carboxylic acids is 1. The number of hydrogen-bond donors (Lipinski definition) is 3. The summed E-state index contributed by atoms with van der Waals surface area (Å²) < 4.78 is 24.4. The molecule has 1 fully saturated rings. The molecule has 2 aromatic heterocycles. The van der Waals surface area contributed by atoms with Gasteiger partial charge in [-0.25, -0.2) is 14.6 Å². The van der Waals surface area contributed by atoms with Crippen LogP contribution in [0.2, 0.25) is 0 Å². The van der Waals surface area contributed by atoms with Gasteiger partial charge in [-0.3, -0.25) is 9.59 Å². The van der Waals surface area contributed by atoms with E-state index in [-0.39, 0.29) is 25.0 Å². The largest absolute Gasteiger partial charge is 0.481 e. The van der Waals surface area contributed by atoms with Gasteiger partial charge in [-0.2, -0.15) is 5.10 Å². The number of ether oxygens (including phenoxy) is 4. The van der Waals surface area contributed by atoms with Crippen molar-refractivity contribution in [2.75, 3.05) is 70.3 Å². The lowest BCUT2D eigenvalue weighted by atomic mass is 10.1. The third-order valence-corrected chi connectivity index (χ3v) is 7.84. The van der Waals surface area contributed by atoms with E-state index in [1.165, 1.54) is 12.4 Å². The molecule has 2 aromatic carbocycles. The zero-order chi connectivity index (χ0) is 33.7. The molecule has 1 aliphatic rings. The summed E-state index contributed by atoms with van der Waals surface area (Å²) >= 11 is 0. The molecule has 3 heterocycles. The van der Waals surface area contributed by atoms with Gasteiger partial charge in [0, 0.05) is 25.2 Å². The summed E-state index contributed by atoms with van der Waals surface area (Å²) in [4.78, 5) is 34.0. The van der Waals surface area contributed by atoms with Gasteiger partial charge in [0.1, 0.15) is 23.6 Å². The number of amides is 1. The predicted octanol–water partition coefficient (Wildman–Crippen LogP) is 4.15. The molecule has 0 unspecified atom stereocenters. The number of carboxylic acids is 1. The second kappa shape index (κ2) is 17.3. The van der Waals surface area contributed by atoms with Crippen molar-refractivity contribution in [3.8, 4) is 22.8 Å². The van der Waals surface area contributed by atoms with E-state index in [2.05, 4.69) is 26.8 Å². The smallest absolute Gasteiger partial charge is 0.305 e. The first-order valence-corrected chi connectivity index (χ1v) is 15.9. The Kier molecular flexibility index (Phi) is 12.4. The van der Waals surface area contributed by atoms with E-state index in [9.17, 15) is 9.59 Å². The molecule has 48 heavy (non-hydrogen) atoms. The van der Waals surface area contributed by atoms with Crippen LogP contribution < -0.4 is 15.8 Å². The first-order chi connectivity index (χ1) is 23.4. The maximum Gasteiger partial charge on any atom is 0.305 e. The van der Waals surface area contributed by atoms with Gasteiger partial charge in [0.25, 0.3) is 0 Å². The highest BCUT2D eigenvalue weighted by Crippen LogP contribution is 2.38. The third kappa shape index (κ3) is 9.35. The van der Waals surface area contributed by atoms with Crippen molar-refractivity contribution in [3.63, 3.8) is 0 Å². The van der Waals surface area contributed by atoms with Crippen LogP contribution in [0.15, 0.2) is 67.5 Å². The Labute approximate surface area is 278 Å². The number of aromatic nitrogens is 4. The van der Waals surface area contributed by atoms with E-state index in [1.807, 2.05) is 47.1 Å². The Bertz CT molecular complexity index is 1670. The number of nitrogens with one attached hydrogen (secondary N) is 1. The van der Waals surface area contributed by atoms with Crippen LogP contribution in [0.25, 0.3) is 22.3 Å². The third-order valence-electron chi connectivity index (χ3n) is 7.84. The molecule has 0 radical (unpaired) electrons. The molecule has 14 nitrogen and oxygen atoms in total. The summed E-state index contributed by atoms with van der Waals surface area (Å²) in [6.07, 6.45) is 4.39. The highest BCUT2D eigenvalue weighted by Gasteiger charge is 2.26. The summed E-state index contributed by atoms with van der Waals surface area (Å²) in [5.41, 5.74) is 8.86. The standard InChI is InChI=1S/C34H41N7O7/c1-2-29(42)38-27-22-24(8-9-28(27)48-26-6-4-3-5-7-26)32-31-33(35)36-23-37-34(31)41(39-32)25-10-13-40(14-11-25)15-17-46-19-21-47-20-18-45-16-12-30(43)44/h2-9,22-23,25H,1,10-21H2,(H,38,42)(H,43,44)(H2,35,36,37). The zero-order valence-electron chi connectivity index (χ0n) is 26.8. The van der Waals surface area contributed by atoms with Crippen LogP contribution in [-0.4, -0.2) is 101 Å². The number of likely N-dealkylation sites (tertiary alicyclic amines) is 1. The first kappa shape index (κ1) is 34.4. The number of nitrogen functional groups attached to an aromatic ring is 1. The van der Waals surface area contributed by atoms with E-state index >= 15 is 0 Å². The Morgan fingerprint density at radius 1 is 0.979 bits per heavy atom. The molecule has 254 valence electrons. The quantitative estimate of drug-likeness (QED) is 0.103. The van der Waals surface area contributed by atoms with E-state index < -0.39 is 5.97 Å². The molecule has 0 aliphatic carbocycles. The first-order valence-electron chi connectivity index (χ1n) is 15.9. The van der Waals surface area contributed by atoms with Crippen molar-refractivity contribution in [3.05, 3.63) is 67.5 Å². The number of hydrogen-bond acceptors (Lipinski definition) is 11. The molecule has 4 aromatic rings. The van der Waals surface area contributed by atoms with Gasteiger partial charge in [0.05, 0.1) is 63.2 Å². The molecule has 4 N–H and O–H groups in total. The molecule has 0 atom stereocenters. The zero-order valence-corrected chi connectivity index (χ0v) is 26.8. The average molecular weight is 660 g/mol. The van der Waals surface area contributed by atoms with E-state index in [1.54, 1.807) is 6.07 Å². The molecule has 5 rings (SSSR count).